The van der Waals surface area contributed by atoms with E-state index >= 15 is 0 Å². The fraction of sp³-hybridized carbons (Fsp3) is 0.167. The van der Waals surface area contributed by atoms with Gasteiger partial charge in [0.05, 0.1) is 0 Å². The van der Waals surface area contributed by atoms with Crippen molar-refractivity contribution < 1.29 is 0 Å². The highest BCUT2D eigenvalue weighted by atomic mass is 79.9. The standard InChI is InChI=1S/C6H6BrN5/c1-8-6-4-3(9-2-10-6)5(7)12-11-4/h2H,1H3,(H,11,12)(H,8,9,10). The maximum atomic E-state index is 4.06. The molecule has 0 atom stereocenters. The first kappa shape index (κ1) is 7.48. The third kappa shape index (κ3) is 0.953. The van der Waals surface area contributed by atoms with Gasteiger partial charge < -0.3 is 5.32 Å². The van der Waals surface area contributed by atoms with Crippen LogP contribution in [0.25, 0.3) is 11.0 Å². The van der Waals surface area contributed by atoms with Crippen molar-refractivity contribution in [3.05, 3.63) is 10.9 Å². The molecule has 6 heteroatoms. The van der Waals surface area contributed by atoms with Crippen LogP contribution in [-0.4, -0.2) is 27.2 Å². The van der Waals surface area contributed by atoms with Gasteiger partial charge in [-0.05, 0) is 15.9 Å². The number of nitrogens with zero attached hydrogens (tertiary/aromatic N) is 3. The summed E-state index contributed by atoms with van der Waals surface area (Å²) in [5, 5.41) is 9.73. The Labute approximate surface area is 76.7 Å². The average Bonchev–Trinajstić information content (AvgIpc) is 2.48. The van der Waals surface area contributed by atoms with Crippen LogP contribution in [0.3, 0.4) is 0 Å². The first-order valence-electron chi connectivity index (χ1n) is 3.35. The van der Waals surface area contributed by atoms with Gasteiger partial charge in [-0.3, -0.25) is 5.10 Å². The molecular weight excluding hydrogens is 222 g/mol. The molecule has 0 aliphatic carbocycles. The summed E-state index contributed by atoms with van der Waals surface area (Å²) in [5.74, 6) is 0.724. The molecule has 2 aromatic rings. The number of hydrogen-bond acceptors (Lipinski definition) is 4. The van der Waals surface area contributed by atoms with Gasteiger partial charge >= 0.3 is 0 Å². The van der Waals surface area contributed by atoms with Crippen LogP contribution in [0.15, 0.2) is 10.9 Å². The zero-order valence-corrected chi connectivity index (χ0v) is 7.88. The van der Waals surface area contributed by atoms with Crippen molar-refractivity contribution in [2.45, 2.75) is 0 Å². The van der Waals surface area contributed by atoms with E-state index in [1.54, 1.807) is 7.05 Å². The van der Waals surface area contributed by atoms with Gasteiger partial charge in [0, 0.05) is 7.05 Å². The minimum Gasteiger partial charge on any atom is -0.371 e. The van der Waals surface area contributed by atoms with E-state index in [4.69, 9.17) is 0 Å². The van der Waals surface area contributed by atoms with Crippen molar-refractivity contribution in [1.29, 1.82) is 0 Å². The fourth-order valence-electron chi connectivity index (χ4n) is 0.986. The van der Waals surface area contributed by atoms with E-state index in [0.29, 0.717) is 0 Å². The Hall–Kier alpha value is -1.17. The van der Waals surface area contributed by atoms with Crippen LogP contribution < -0.4 is 5.32 Å². The van der Waals surface area contributed by atoms with Gasteiger partial charge in [0.25, 0.3) is 0 Å². The van der Waals surface area contributed by atoms with Crippen LogP contribution in [0, 0.1) is 0 Å². The van der Waals surface area contributed by atoms with Crippen molar-refractivity contribution in [3.8, 4) is 0 Å². The minimum absolute atomic E-state index is 0.724. The number of anilines is 1. The second-order valence-electron chi connectivity index (χ2n) is 2.21. The SMILES string of the molecule is CNc1ncnc2c(Br)[nH]nc12. The number of H-pyrrole nitrogens is 1. The van der Waals surface area contributed by atoms with Gasteiger partial charge in [-0.25, -0.2) is 9.97 Å². The predicted octanol–water partition coefficient (Wildman–Crippen LogP) is 1.16. The highest BCUT2D eigenvalue weighted by Crippen LogP contribution is 2.21. The van der Waals surface area contributed by atoms with Crippen LogP contribution >= 0.6 is 15.9 Å². The molecule has 0 aliphatic rings. The number of aromatic nitrogens is 4. The molecule has 0 unspecified atom stereocenters. The Balaban J connectivity index is 2.81. The summed E-state index contributed by atoms with van der Waals surface area (Å²) in [4.78, 5) is 8.07. The number of nitrogens with one attached hydrogen (secondary N) is 2. The highest BCUT2D eigenvalue weighted by Gasteiger charge is 2.07. The molecule has 2 rings (SSSR count). The van der Waals surface area contributed by atoms with E-state index in [9.17, 15) is 0 Å². The van der Waals surface area contributed by atoms with E-state index in [0.717, 1.165) is 21.5 Å². The second-order valence-corrected chi connectivity index (χ2v) is 3.00. The maximum absolute atomic E-state index is 4.06. The van der Waals surface area contributed by atoms with Gasteiger partial charge in [-0.2, -0.15) is 5.10 Å². The quantitative estimate of drug-likeness (QED) is 0.768. The summed E-state index contributed by atoms with van der Waals surface area (Å²) in [6, 6.07) is 0. The molecule has 0 aliphatic heterocycles. The lowest BCUT2D eigenvalue weighted by molar-refractivity contribution is 1.09. The van der Waals surface area contributed by atoms with Crippen molar-refractivity contribution in [2.75, 3.05) is 12.4 Å². The fourth-order valence-corrected chi connectivity index (χ4v) is 1.37. The van der Waals surface area contributed by atoms with Crippen LogP contribution in [0.5, 0.6) is 0 Å². The average molecular weight is 228 g/mol. The van der Waals surface area contributed by atoms with Crippen LogP contribution in [0.4, 0.5) is 5.82 Å². The molecule has 0 saturated heterocycles. The first-order chi connectivity index (χ1) is 5.83. The molecule has 0 saturated carbocycles. The van der Waals surface area contributed by atoms with Gasteiger partial charge in [0.2, 0.25) is 0 Å². The number of rotatable bonds is 1. The van der Waals surface area contributed by atoms with Crippen molar-refractivity contribution in [1.82, 2.24) is 20.2 Å². The first-order valence-corrected chi connectivity index (χ1v) is 4.14. The molecule has 0 aromatic carbocycles. The lowest BCUT2D eigenvalue weighted by Crippen LogP contribution is -1.93. The van der Waals surface area contributed by atoms with E-state index in [1.807, 2.05) is 0 Å². The molecule has 5 nitrogen and oxygen atoms in total. The molecule has 0 fully saturated rings. The third-order valence-corrected chi connectivity index (χ3v) is 2.09. The van der Waals surface area contributed by atoms with Crippen molar-refractivity contribution >= 4 is 32.8 Å². The molecule has 62 valence electrons. The Morgan fingerprint density at radius 1 is 1.42 bits per heavy atom. The third-order valence-electron chi connectivity index (χ3n) is 1.53. The van der Waals surface area contributed by atoms with Gasteiger partial charge in [-0.1, -0.05) is 0 Å². The van der Waals surface area contributed by atoms with Gasteiger partial charge in [0.1, 0.15) is 16.4 Å². The number of halogens is 1. The number of fused-ring (bicyclic) bond motifs is 1. The zero-order chi connectivity index (χ0) is 8.55. The van der Waals surface area contributed by atoms with Gasteiger partial charge in [-0.15, -0.1) is 0 Å². The molecule has 2 aromatic heterocycles. The zero-order valence-electron chi connectivity index (χ0n) is 6.30. The lowest BCUT2D eigenvalue weighted by atomic mass is 10.4. The smallest absolute Gasteiger partial charge is 0.157 e. The van der Waals surface area contributed by atoms with Crippen LogP contribution in [0.1, 0.15) is 0 Å². The highest BCUT2D eigenvalue weighted by molar-refractivity contribution is 9.10. The van der Waals surface area contributed by atoms with E-state index in [1.165, 1.54) is 6.33 Å². The van der Waals surface area contributed by atoms with Gasteiger partial charge in [0.15, 0.2) is 11.3 Å². The van der Waals surface area contributed by atoms with Crippen molar-refractivity contribution in [3.63, 3.8) is 0 Å². The topological polar surface area (TPSA) is 66.5 Å². The Bertz CT molecular complexity index is 409. The molecule has 2 N–H and O–H groups in total. The summed E-state index contributed by atoms with van der Waals surface area (Å²) in [5.41, 5.74) is 1.53. The van der Waals surface area contributed by atoms with E-state index < -0.39 is 0 Å². The molecule has 12 heavy (non-hydrogen) atoms. The maximum Gasteiger partial charge on any atom is 0.157 e. The summed E-state index contributed by atoms with van der Waals surface area (Å²) in [7, 11) is 1.80. The summed E-state index contributed by atoms with van der Waals surface area (Å²) in [6.07, 6.45) is 1.49. The van der Waals surface area contributed by atoms with Crippen molar-refractivity contribution in [2.24, 2.45) is 0 Å². The predicted molar refractivity (Wildman–Crippen MR) is 48.9 cm³/mol. The minimum atomic E-state index is 0.724. The summed E-state index contributed by atoms with van der Waals surface area (Å²) in [6.45, 7) is 0. The molecule has 2 heterocycles. The summed E-state index contributed by atoms with van der Waals surface area (Å²) < 4.78 is 0.774. The van der Waals surface area contributed by atoms with Crippen LogP contribution in [0.2, 0.25) is 0 Å². The Morgan fingerprint density at radius 3 is 3.00 bits per heavy atom. The molecule has 0 bridgehead atoms. The lowest BCUT2D eigenvalue weighted by Gasteiger charge is -1.96. The molecule has 0 radical (unpaired) electrons. The van der Waals surface area contributed by atoms with E-state index in [-0.39, 0.29) is 0 Å². The molecule has 0 spiro atoms. The number of hydrogen-bond donors (Lipinski definition) is 2. The number of aromatic amines is 1. The van der Waals surface area contributed by atoms with E-state index in [2.05, 4.69) is 41.4 Å². The molecule has 0 amide bonds. The normalized spacial score (nSPS) is 10.5. The Kier molecular flexibility index (Phi) is 1.69. The molecular formula is C6H6BrN5. The largest absolute Gasteiger partial charge is 0.371 e. The summed E-state index contributed by atoms with van der Waals surface area (Å²) >= 11 is 3.29. The second kappa shape index (κ2) is 2.71. The monoisotopic (exact) mass is 227 g/mol. The van der Waals surface area contributed by atoms with Crippen LogP contribution in [-0.2, 0) is 0 Å². The Morgan fingerprint density at radius 2 is 2.25 bits per heavy atom.